The van der Waals surface area contributed by atoms with E-state index in [9.17, 15) is 34.5 Å². The van der Waals surface area contributed by atoms with Gasteiger partial charge in [0.05, 0.1) is 23.5 Å². The maximum absolute atomic E-state index is 14.0. The molecule has 0 unspecified atom stereocenters. The molecule has 8 atom stereocenters. The third-order valence-corrected chi connectivity index (χ3v) is 11.1. The Hall–Kier alpha value is -2.12. The molecule has 3 N–H and O–H groups in total. The molecule has 0 aromatic carbocycles. The smallest absolute Gasteiger partial charge is 0.306 e. The quantitative estimate of drug-likeness (QED) is 0.472. The van der Waals surface area contributed by atoms with Gasteiger partial charge in [0, 0.05) is 35.7 Å². The van der Waals surface area contributed by atoms with E-state index in [-0.39, 0.29) is 48.4 Å². The summed E-state index contributed by atoms with van der Waals surface area (Å²) in [4.78, 5) is 52.0. The number of aliphatic carboxylic acids is 1. The molecule has 0 radical (unpaired) electrons. The summed E-state index contributed by atoms with van der Waals surface area (Å²) < 4.78 is 0. The van der Waals surface area contributed by atoms with Crippen molar-refractivity contribution in [2.45, 2.75) is 99.2 Å². The van der Waals surface area contributed by atoms with Gasteiger partial charge in [0.15, 0.2) is 5.78 Å². The molecule has 7 nitrogen and oxygen atoms in total. The Labute approximate surface area is 219 Å². The highest BCUT2D eigenvalue weighted by molar-refractivity contribution is 6.05. The third kappa shape index (κ3) is 3.75. The van der Waals surface area contributed by atoms with E-state index in [1.165, 1.54) is 0 Å². The zero-order valence-electron chi connectivity index (χ0n) is 23.2. The van der Waals surface area contributed by atoms with E-state index in [2.05, 4.69) is 0 Å². The van der Waals surface area contributed by atoms with Gasteiger partial charge < -0.3 is 15.3 Å². The molecule has 0 heterocycles. The van der Waals surface area contributed by atoms with Crippen molar-refractivity contribution in [2.75, 3.05) is 0 Å². The van der Waals surface area contributed by atoms with Crippen molar-refractivity contribution in [3.63, 3.8) is 0 Å². The Morgan fingerprint density at radius 1 is 1.11 bits per heavy atom. The molecule has 2 saturated carbocycles. The highest BCUT2D eigenvalue weighted by atomic mass is 16.4. The molecule has 37 heavy (non-hydrogen) atoms. The number of Topliss-reactive ketones (excluding diaryl/α,β-unsaturated/α-hetero) is 3. The van der Waals surface area contributed by atoms with Gasteiger partial charge in [0.2, 0.25) is 0 Å². The van der Waals surface area contributed by atoms with E-state index in [4.69, 9.17) is 0 Å². The van der Waals surface area contributed by atoms with Crippen LogP contribution in [0.2, 0.25) is 0 Å². The number of carboxylic acid groups (broad SMARTS) is 1. The standard InChI is InChI=1S/C30H42O7/c1-15(10-17(31)11-16(2)26(36)37)18-12-23(35)30(7)25-19(32)13-21-27(3,4)22(34)8-9-28(21,5)24(25)20(33)14-29(18,30)6/h10,16-19,21,31-32H,8-9,11-14H2,1-7H3,(H,36,37)/b15-10+/t16-,17-,18-,19+,21+,28+,29-,30+/m1/s1. The van der Waals surface area contributed by atoms with Crippen LogP contribution < -0.4 is 0 Å². The molecule has 0 aromatic rings. The van der Waals surface area contributed by atoms with Crippen molar-refractivity contribution in [1.82, 2.24) is 0 Å². The minimum absolute atomic E-state index is 0.0200. The second-order valence-corrected chi connectivity index (χ2v) is 13.4. The summed E-state index contributed by atoms with van der Waals surface area (Å²) in [6.45, 7) is 13.1. The topological polar surface area (TPSA) is 129 Å². The van der Waals surface area contributed by atoms with Crippen LogP contribution in [0.1, 0.15) is 87.0 Å². The fraction of sp³-hybridized carbons (Fsp3) is 0.733. The van der Waals surface area contributed by atoms with Crippen LogP contribution in [-0.2, 0) is 19.2 Å². The van der Waals surface area contributed by atoms with Gasteiger partial charge in [-0.25, -0.2) is 0 Å². The average molecular weight is 515 g/mol. The number of carbonyl (C=O) groups excluding carboxylic acids is 3. The highest BCUT2D eigenvalue weighted by Crippen LogP contribution is 2.70. The lowest BCUT2D eigenvalue weighted by molar-refractivity contribution is -0.146. The molecule has 0 amide bonds. The van der Waals surface area contributed by atoms with Crippen LogP contribution in [0.4, 0.5) is 0 Å². The molecule has 0 spiro atoms. The van der Waals surface area contributed by atoms with Crippen LogP contribution in [-0.4, -0.2) is 50.8 Å². The van der Waals surface area contributed by atoms with Gasteiger partial charge in [0.1, 0.15) is 11.6 Å². The Kier molecular flexibility index (Phi) is 6.56. The normalized spacial score (nSPS) is 41.2. The molecule has 0 bridgehead atoms. The van der Waals surface area contributed by atoms with E-state index in [1.54, 1.807) is 13.0 Å². The Balaban J connectivity index is 1.80. The van der Waals surface area contributed by atoms with E-state index in [0.29, 0.717) is 30.4 Å². The van der Waals surface area contributed by atoms with Crippen molar-refractivity contribution < 1.29 is 34.5 Å². The number of hydrogen-bond donors (Lipinski definition) is 3. The maximum atomic E-state index is 14.0. The summed E-state index contributed by atoms with van der Waals surface area (Å²) in [5.41, 5.74) is -1.20. The van der Waals surface area contributed by atoms with E-state index >= 15 is 0 Å². The lowest BCUT2D eigenvalue weighted by atomic mass is 9.42. The molecular weight excluding hydrogens is 472 g/mol. The lowest BCUT2D eigenvalue weighted by Crippen LogP contribution is -2.59. The molecule has 0 aliphatic heterocycles. The van der Waals surface area contributed by atoms with E-state index in [1.807, 2.05) is 41.5 Å². The predicted molar refractivity (Wildman–Crippen MR) is 137 cm³/mol. The summed E-state index contributed by atoms with van der Waals surface area (Å²) in [7, 11) is 0. The molecule has 0 saturated heterocycles. The van der Waals surface area contributed by atoms with Crippen molar-refractivity contribution in [3.8, 4) is 0 Å². The first-order valence-corrected chi connectivity index (χ1v) is 13.5. The van der Waals surface area contributed by atoms with Gasteiger partial charge >= 0.3 is 5.97 Å². The Morgan fingerprint density at radius 3 is 2.32 bits per heavy atom. The van der Waals surface area contributed by atoms with Crippen LogP contribution in [0, 0.1) is 39.4 Å². The highest BCUT2D eigenvalue weighted by Gasteiger charge is 2.70. The zero-order valence-corrected chi connectivity index (χ0v) is 23.2. The number of aliphatic hydroxyl groups excluding tert-OH is 2. The van der Waals surface area contributed by atoms with E-state index in [0.717, 1.165) is 5.57 Å². The van der Waals surface area contributed by atoms with Gasteiger partial charge in [-0.05, 0) is 55.9 Å². The Bertz CT molecular complexity index is 1130. The number of fused-ring (bicyclic) bond motifs is 4. The number of carboxylic acids is 1. The summed E-state index contributed by atoms with van der Waals surface area (Å²) in [6, 6.07) is 0. The molecule has 4 aliphatic rings. The average Bonchev–Trinajstić information content (AvgIpc) is 2.99. The molecule has 7 heteroatoms. The predicted octanol–water partition coefficient (Wildman–Crippen LogP) is 4.05. The number of hydrogen-bond acceptors (Lipinski definition) is 6. The van der Waals surface area contributed by atoms with Gasteiger partial charge in [-0.3, -0.25) is 19.2 Å². The van der Waals surface area contributed by atoms with Crippen LogP contribution in [0.15, 0.2) is 22.8 Å². The van der Waals surface area contributed by atoms with Crippen molar-refractivity contribution in [1.29, 1.82) is 0 Å². The molecule has 2 fully saturated rings. The number of ketones is 3. The largest absolute Gasteiger partial charge is 0.481 e. The van der Waals surface area contributed by atoms with Gasteiger partial charge in [-0.1, -0.05) is 46.3 Å². The fourth-order valence-electron chi connectivity index (χ4n) is 8.66. The fourth-order valence-corrected chi connectivity index (χ4v) is 8.66. The maximum Gasteiger partial charge on any atom is 0.306 e. The van der Waals surface area contributed by atoms with Gasteiger partial charge in [-0.2, -0.15) is 0 Å². The number of rotatable bonds is 5. The number of carbonyl (C=O) groups is 4. The second-order valence-electron chi connectivity index (χ2n) is 13.4. The molecule has 204 valence electrons. The van der Waals surface area contributed by atoms with Crippen LogP contribution in [0.5, 0.6) is 0 Å². The van der Waals surface area contributed by atoms with Crippen LogP contribution in [0.25, 0.3) is 0 Å². The summed E-state index contributed by atoms with van der Waals surface area (Å²) in [6.07, 6.45) is 1.31. The summed E-state index contributed by atoms with van der Waals surface area (Å²) in [5.74, 6) is -2.13. The monoisotopic (exact) mass is 514 g/mol. The van der Waals surface area contributed by atoms with Crippen LogP contribution in [0.3, 0.4) is 0 Å². The first kappa shape index (κ1) is 27.9. The van der Waals surface area contributed by atoms with Gasteiger partial charge in [-0.15, -0.1) is 0 Å². The minimum Gasteiger partial charge on any atom is -0.481 e. The third-order valence-electron chi connectivity index (χ3n) is 11.1. The summed E-state index contributed by atoms with van der Waals surface area (Å²) >= 11 is 0. The molecule has 4 rings (SSSR count). The number of allylic oxidation sites excluding steroid dienone is 2. The summed E-state index contributed by atoms with van der Waals surface area (Å²) in [5, 5.41) is 31.3. The van der Waals surface area contributed by atoms with Crippen molar-refractivity contribution >= 4 is 23.3 Å². The number of aliphatic hydroxyl groups is 2. The van der Waals surface area contributed by atoms with Crippen molar-refractivity contribution in [2.24, 2.45) is 39.4 Å². The SMILES string of the molecule is C/C(=C\[C@@H](O)C[C@@H](C)C(=O)O)[C@H]1CC(=O)[C@@]2(C)C3=C(C(=O)C[C@]12C)[C@@]1(C)CCC(=O)C(C)(C)[C@@H]1C[C@@H]3O. The first-order chi connectivity index (χ1) is 16.9. The van der Waals surface area contributed by atoms with E-state index < -0.39 is 45.8 Å². The lowest BCUT2D eigenvalue weighted by Gasteiger charge is -2.60. The van der Waals surface area contributed by atoms with Crippen LogP contribution >= 0.6 is 0 Å². The first-order valence-electron chi connectivity index (χ1n) is 13.5. The molecular formula is C30H42O7. The van der Waals surface area contributed by atoms with Gasteiger partial charge in [0.25, 0.3) is 0 Å². The second kappa shape index (κ2) is 8.70. The Morgan fingerprint density at radius 2 is 1.73 bits per heavy atom. The molecule has 0 aromatic heterocycles. The minimum atomic E-state index is -1.05. The molecule has 4 aliphatic carbocycles. The zero-order chi connectivity index (χ0) is 27.9. The van der Waals surface area contributed by atoms with Crippen molar-refractivity contribution in [3.05, 3.63) is 22.8 Å².